The third-order valence-electron chi connectivity index (χ3n) is 3.38. The van der Waals surface area contributed by atoms with Gasteiger partial charge in [-0.15, -0.1) is 0 Å². The molecule has 0 aliphatic rings. The van der Waals surface area contributed by atoms with Gasteiger partial charge in [0.25, 0.3) is 0 Å². The monoisotopic (exact) mass is 398 g/mol. The summed E-state index contributed by atoms with van der Waals surface area (Å²) in [6.07, 6.45) is -4.47. The number of halogens is 3. The zero-order chi connectivity index (χ0) is 19.3. The predicted octanol–water partition coefficient (Wildman–Crippen LogP) is 4.96. The van der Waals surface area contributed by atoms with Gasteiger partial charge in [0, 0.05) is 19.8 Å². The minimum absolute atomic E-state index is 0.0853. The zero-order valence-electron chi connectivity index (χ0n) is 14.1. The number of hydrogen-bond acceptors (Lipinski definition) is 3. The average molecular weight is 398 g/mol. The molecule has 1 N–H and O–H groups in total. The standard InChI is InChI=1S/C18H17F3N2OS2/c1-23(2)17(25)26-15(12-7-4-3-5-8-12)16(24)22-14-10-6-9-13(11-14)18(19,20)21/h3-11,15H,1-2H3,(H,22,24)/t15-/m1/s1. The summed E-state index contributed by atoms with van der Waals surface area (Å²) < 4.78 is 39.0. The van der Waals surface area contributed by atoms with Crippen molar-refractivity contribution in [2.45, 2.75) is 11.4 Å². The number of alkyl halides is 3. The van der Waals surface area contributed by atoms with Gasteiger partial charge < -0.3 is 10.2 Å². The average Bonchev–Trinajstić information content (AvgIpc) is 2.59. The van der Waals surface area contributed by atoms with Crippen LogP contribution < -0.4 is 5.32 Å². The van der Waals surface area contributed by atoms with Crippen LogP contribution in [0.15, 0.2) is 54.6 Å². The summed E-state index contributed by atoms with van der Waals surface area (Å²) >= 11 is 6.43. The van der Waals surface area contributed by atoms with E-state index in [9.17, 15) is 18.0 Å². The molecule has 0 bridgehead atoms. The minimum Gasteiger partial charge on any atom is -0.364 e. The number of thiocarbonyl (C=S) groups is 1. The fourth-order valence-corrected chi connectivity index (χ4v) is 3.25. The maximum atomic E-state index is 12.9. The van der Waals surface area contributed by atoms with Crippen molar-refractivity contribution in [1.82, 2.24) is 4.90 Å². The molecule has 0 saturated heterocycles. The number of anilines is 1. The van der Waals surface area contributed by atoms with Gasteiger partial charge in [-0.3, -0.25) is 4.79 Å². The van der Waals surface area contributed by atoms with E-state index in [1.165, 1.54) is 23.9 Å². The molecule has 0 aliphatic carbocycles. The number of nitrogens with zero attached hydrogens (tertiary/aromatic N) is 1. The fraction of sp³-hybridized carbons (Fsp3) is 0.222. The molecule has 0 aromatic heterocycles. The quantitative estimate of drug-likeness (QED) is 0.738. The van der Waals surface area contributed by atoms with Crippen molar-refractivity contribution >= 4 is 39.9 Å². The van der Waals surface area contributed by atoms with Crippen molar-refractivity contribution in [3.8, 4) is 0 Å². The first-order valence-electron chi connectivity index (χ1n) is 7.59. The Morgan fingerprint density at radius 3 is 2.35 bits per heavy atom. The van der Waals surface area contributed by atoms with E-state index in [2.05, 4.69) is 5.32 Å². The van der Waals surface area contributed by atoms with Crippen molar-refractivity contribution in [1.29, 1.82) is 0 Å². The van der Waals surface area contributed by atoms with Crippen molar-refractivity contribution < 1.29 is 18.0 Å². The Morgan fingerprint density at radius 1 is 1.12 bits per heavy atom. The first-order valence-corrected chi connectivity index (χ1v) is 8.88. The summed E-state index contributed by atoms with van der Waals surface area (Å²) in [5.41, 5.74) is -0.0173. The van der Waals surface area contributed by atoms with E-state index in [1.54, 1.807) is 43.3 Å². The van der Waals surface area contributed by atoms with Crippen LogP contribution >= 0.6 is 24.0 Å². The summed E-state index contributed by atoms with van der Waals surface area (Å²) in [6.45, 7) is 0. The Balaban J connectivity index is 2.25. The summed E-state index contributed by atoms with van der Waals surface area (Å²) in [7, 11) is 3.53. The van der Waals surface area contributed by atoms with E-state index in [1.807, 2.05) is 6.07 Å². The van der Waals surface area contributed by atoms with Crippen molar-refractivity contribution in [3.05, 3.63) is 65.7 Å². The van der Waals surface area contributed by atoms with Gasteiger partial charge in [0.1, 0.15) is 9.57 Å². The summed E-state index contributed by atoms with van der Waals surface area (Å²) in [5.74, 6) is -0.440. The first-order chi connectivity index (χ1) is 12.2. The number of amides is 1. The lowest BCUT2D eigenvalue weighted by Crippen LogP contribution is -2.24. The second-order valence-corrected chi connectivity index (χ2v) is 7.38. The molecule has 8 heteroatoms. The Labute approximate surface area is 159 Å². The SMILES string of the molecule is CN(C)C(=S)S[C@@H](C(=O)Nc1cccc(C(F)(F)F)c1)c1ccccc1. The Morgan fingerprint density at radius 2 is 1.77 bits per heavy atom. The van der Waals surface area contributed by atoms with Gasteiger partial charge in [-0.25, -0.2) is 0 Å². The number of rotatable bonds is 4. The van der Waals surface area contributed by atoms with E-state index in [0.717, 1.165) is 12.1 Å². The largest absolute Gasteiger partial charge is 0.416 e. The lowest BCUT2D eigenvalue weighted by atomic mass is 10.1. The molecule has 1 amide bonds. The molecular weight excluding hydrogens is 381 g/mol. The summed E-state index contributed by atoms with van der Waals surface area (Å²) in [6, 6.07) is 13.5. The smallest absolute Gasteiger partial charge is 0.364 e. The molecule has 1 atom stereocenters. The second-order valence-electron chi connectivity index (χ2n) is 5.64. The summed E-state index contributed by atoms with van der Waals surface area (Å²) in [4.78, 5) is 14.4. The van der Waals surface area contributed by atoms with Crippen LogP contribution in [0.4, 0.5) is 18.9 Å². The van der Waals surface area contributed by atoms with Crippen LogP contribution in [0.5, 0.6) is 0 Å². The molecule has 2 aromatic rings. The molecule has 0 heterocycles. The highest BCUT2D eigenvalue weighted by molar-refractivity contribution is 8.23. The molecule has 2 rings (SSSR count). The molecule has 0 radical (unpaired) electrons. The highest BCUT2D eigenvalue weighted by Crippen LogP contribution is 2.34. The van der Waals surface area contributed by atoms with Crippen LogP contribution in [0.3, 0.4) is 0 Å². The number of carbonyl (C=O) groups excluding carboxylic acids is 1. The molecule has 0 fully saturated rings. The number of nitrogens with one attached hydrogen (secondary N) is 1. The van der Waals surface area contributed by atoms with Gasteiger partial charge in [-0.1, -0.05) is 60.4 Å². The molecule has 3 nitrogen and oxygen atoms in total. The lowest BCUT2D eigenvalue weighted by molar-refractivity contribution is -0.137. The molecule has 2 aromatic carbocycles. The van der Waals surface area contributed by atoms with E-state index in [0.29, 0.717) is 9.88 Å². The fourth-order valence-electron chi connectivity index (χ4n) is 2.09. The molecule has 138 valence electrons. The van der Waals surface area contributed by atoms with Crippen LogP contribution in [-0.4, -0.2) is 29.2 Å². The zero-order valence-corrected chi connectivity index (χ0v) is 15.7. The normalized spacial score (nSPS) is 12.3. The third kappa shape index (κ3) is 5.47. The lowest BCUT2D eigenvalue weighted by Gasteiger charge is -2.20. The van der Waals surface area contributed by atoms with Crippen LogP contribution in [0, 0.1) is 0 Å². The Bertz CT molecular complexity index is 780. The van der Waals surface area contributed by atoms with Gasteiger partial charge in [-0.2, -0.15) is 13.2 Å². The van der Waals surface area contributed by atoms with Crippen molar-refractivity contribution in [3.63, 3.8) is 0 Å². The highest BCUT2D eigenvalue weighted by Gasteiger charge is 2.31. The van der Waals surface area contributed by atoms with Gasteiger partial charge in [0.05, 0.1) is 5.56 Å². The van der Waals surface area contributed by atoms with E-state index in [-0.39, 0.29) is 5.69 Å². The predicted molar refractivity (Wildman–Crippen MR) is 103 cm³/mol. The van der Waals surface area contributed by atoms with Gasteiger partial charge in [0.15, 0.2) is 0 Å². The number of carbonyl (C=O) groups is 1. The number of hydrogen-bond donors (Lipinski definition) is 1. The minimum atomic E-state index is -4.47. The molecular formula is C18H17F3N2OS2. The van der Waals surface area contributed by atoms with Crippen molar-refractivity contribution in [2.24, 2.45) is 0 Å². The molecule has 0 aliphatic heterocycles. The van der Waals surface area contributed by atoms with Crippen LogP contribution in [0.25, 0.3) is 0 Å². The van der Waals surface area contributed by atoms with E-state index >= 15 is 0 Å². The number of benzene rings is 2. The molecule has 0 spiro atoms. The maximum Gasteiger partial charge on any atom is 0.416 e. The molecule has 0 unspecified atom stereocenters. The maximum absolute atomic E-state index is 12.9. The topological polar surface area (TPSA) is 32.3 Å². The molecule has 26 heavy (non-hydrogen) atoms. The highest BCUT2D eigenvalue weighted by atomic mass is 32.2. The number of thioether (sulfide) groups is 1. The summed E-state index contributed by atoms with van der Waals surface area (Å²) in [5, 5.41) is 1.88. The Kier molecular flexibility index (Phi) is 6.66. The van der Waals surface area contributed by atoms with Crippen LogP contribution in [-0.2, 0) is 11.0 Å². The van der Waals surface area contributed by atoms with Crippen LogP contribution in [0.1, 0.15) is 16.4 Å². The Hall–Kier alpha value is -2.06. The van der Waals surface area contributed by atoms with Crippen molar-refractivity contribution in [2.75, 3.05) is 19.4 Å². The van der Waals surface area contributed by atoms with E-state index < -0.39 is 22.9 Å². The second kappa shape index (κ2) is 8.55. The van der Waals surface area contributed by atoms with Crippen LogP contribution in [0.2, 0.25) is 0 Å². The van der Waals surface area contributed by atoms with Gasteiger partial charge in [-0.05, 0) is 23.8 Å². The van der Waals surface area contributed by atoms with Gasteiger partial charge >= 0.3 is 6.18 Å². The first kappa shape index (κ1) is 20.3. The van der Waals surface area contributed by atoms with E-state index in [4.69, 9.17) is 12.2 Å². The third-order valence-corrected chi connectivity index (χ3v) is 5.32. The molecule has 0 saturated carbocycles. The van der Waals surface area contributed by atoms with Gasteiger partial charge in [0.2, 0.25) is 5.91 Å².